The molecule has 0 saturated carbocycles. The van der Waals surface area contributed by atoms with Crippen molar-refractivity contribution < 1.29 is 4.79 Å². The first-order valence-electron chi connectivity index (χ1n) is 10.2. The van der Waals surface area contributed by atoms with Gasteiger partial charge >= 0.3 is 0 Å². The number of rotatable bonds is 5. The van der Waals surface area contributed by atoms with Gasteiger partial charge < -0.3 is 5.32 Å². The van der Waals surface area contributed by atoms with E-state index in [2.05, 4.69) is 11.4 Å². The lowest BCUT2D eigenvalue weighted by molar-refractivity contribution is -0.116. The summed E-state index contributed by atoms with van der Waals surface area (Å²) in [5.41, 5.74) is 4.43. The molecular weight excluding hydrogens is 404 g/mol. The van der Waals surface area contributed by atoms with Crippen LogP contribution in [0.15, 0.2) is 87.4 Å². The molecular formula is C26H24N2O2S. The van der Waals surface area contributed by atoms with Crippen LogP contribution in [0.1, 0.15) is 16.7 Å². The summed E-state index contributed by atoms with van der Waals surface area (Å²) in [4.78, 5) is 27.8. The van der Waals surface area contributed by atoms with Crippen molar-refractivity contribution in [3.8, 4) is 0 Å². The Morgan fingerprint density at radius 2 is 1.61 bits per heavy atom. The van der Waals surface area contributed by atoms with Gasteiger partial charge in [-0.05, 0) is 62.2 Å². The SMILES string of the molecule is Cc1cc(C)c2c(c1)c(C)cc(=O)n2CC(=O)Nc1ccccc1Sc1ccccc1. The molecule has 0 spiro atoms. The van der Waals surface area contributed by atoms with Crippen molar-refractivity contribution >= 4 is 34.3 Å². The number of para-hydroxylation sites is 1. The predicted molar refractivity (Wildman–Crippen MR) is 128 cm³/mol. The van der Waals surface area contributed by atoms with Crippen LogP contribution in [0.25, 0.3) is 10.9 Å². The second-order valence-electron chi connectivity index (χ2n) is 7.69. The predicted octanol–water partition coefficient (Wildman–Crippen LogP) is 5.72. The van der Waals surface area contributed by atoms with E-state index >= 15 is 0 Å². The molecule has 0 radical (unpaired) electrons. The number of carbonyl (C=O) groups excluding carboxylic acids is 1. The van der Waals surface area contributed by atoms with Gasteiger partial charge in [0, 0.05) is 21.2 Å². The molecule has 0 aliphatic heterocycles. The Kier molecular flexibility index (Phi) is 5.96. The van der Waals surface area contributed by atoms with Crippen LogP contribution in [-0.2, 0) is 11.3 Å². The molecule has 0 saturated heterocycles. The lowest BCUT2D eigenvalue weighted by atomic mass is 10.0. The Balaban J connectivity index is 1.64. The smallest absolute Gasteiger partial charge is 0.251 e. The fraction of sp³-hybridized carbons (Fsp3) is 0.154. The first kappa shape index (κ1) is 20.9. The Morgan fingerprint density at radius 1 is 0.903 bits per heavy atom. The summed E-state index contributed by atoms with van der Waals surface area (Å²) >= 11 is 1.59. The van der Waals surface area contributed by atoms with E-state index in [0.29, 0.717) is 0 Å². The number of aryl methyl sites for hydroxylation is 3. The molecule has 0 fully saturated rings. The molecule has 5 heteroatoms. The highest BCUT2D eigenvalue weighted by Crippen LogP contribution is 2.33. The highest BCUT2D eigenvalue weighted by Gasteiger charge is 2.14. The monoisotopic (exact) mass is 428 g/mol. The van der Waals surface area contributed by atoms with Gasteiger partial charge in [0.2, 0.25) is 5.91 Å². The minimum absolute atomic E-state index is 0.0378. The quantitative estimate of drug-likeness (QED) is 0.442. The van der Waals surface area contributed by atoms with Crippen molar-refractivity contribution in [2.75, 3.05) is 5.32 Å². The summed E-state index contributed by atoms with van der Waals surface area (Å²) in [5, 5.41) is 4.00. The molecule has 1 amide bonds. The van der Waals surface area contributed by atoms with Crippen molar-refractivity contribution in [3.63, 3.8) is 0 Å². The molecule has 4 aromatic rings. The highest BCUT2D eigenvalue weighted by atomic mass is 32.2. The molecule has 0 unspecified atom stereocenters. The zero-order chi connectivity index (χ0) is 22.0. The molecule has 1 aromatic heterocycles. The fourth-order valence-corrected chi connectivity index (χ4v) is 4.76. The summed E-state index contributed by atoms with van der Waals surface area (Å²) in [7, 11) is 0. The third-order valence-corrected chi connectivity index (χ3v) is 6.26. The van der Waals surface area contributed by atoms with Gasteiger partial charge in [-0.1, -0.05) is 53.7 Å². The van der Waals surface area contributed by atoms with E-state index in [1.165, 1.54) is 0 Å². The number of nitrogens with zero attached hydrogens (tertiary/aromatic N) is 1. The van der Waals surface area contributed by atoms with Crippen LogP contribution in [0.2, 0.25) is 0 Å². The molecule has 1 N–H and O–H groups in total. The number of pyridine rings is 1. The van der Waals surface area contributed by atoms with Crippen LogP contribution >= 0.6 is 11.8 Å². The molecule has 0 aliphatic rings. The van der Waals surface area contributed by atoms with E-state index in [1.54, 1.807) is 22.4 Å². The number of aromatic nitrogens is 1. The average molecular weight is 429 g/mol. The second kappa shape index (κ2) is 8.82. The van der Waals surface area contributed by atoms with E-state index in [-0.39, 0.29) is 18.0 Å². The molecule has 0 aliphatic carbocycles. The largest absolute Gasteiger partial charge is 0.324 e. The van der Waals surface area contributed by atoms with Crippen molar-refractivity contribution in [3.05, 3.63) is 99.8 Å². The zero-order valence-corrected chi connectivity index (χ0v) is 18.6. The van der Waals surface area contributed by atoms with Crippen LogP contribution in [0.5, 0.6) is 0 Å². The van der Waals surface area contributed by atoms with Gasteiger partial charge in [0.25, 0.3) is 5.56 Å². The molecule has 31 heavy (non-hydrogen) atoms. The lowest BCUT2D eigenvalue weighted by Crippen LogP contribution is -2.28. The summed E-state index contributed by atoms with van der Waals surface area (Å²) in [6.45, 7) is 5.91. The third-order valence-electron chi connectivity index (χ3n) is 5.18. The van der Waals surface area contributed by atoms with Crippen LogP contribution < -0.4 is 10.9 Å². The maximum atomic E-state index is 13.0. The maximum Gasteiger partial charge on any atom is 0.251 e. The highest BCUT2D eigenvalue weighted by molar-refractivity contribution is 7.99. The normalized spacial score (nSPS) is 10.9. The number of fused-ring (bicyclic) bond motifs is 1. The molecule has 4 rings (SSSR count). The minimum atomic E-state index is -0.228. The number of amides is 1. The Bertz CT molecular complexity index is 1330. The van der Waals surface area contributed by atoms with Gasteiger partial charge in [0.05, 0.1) is 11.2 Å². The number of carbonyl (C=O) groups is 1. The lowest BCUT2D eigenvalue weighted by Gasteiger charge is -2.16. The topological polar surface area (TPSA) is 51.1 Å². The van der Waals surface area contributed by atoms with E-state index in [4.69, 9.17) is 0 Å². The molecule has 1 heterocycles. The molecule has 3 aromatic carbocycles. The van der Waals surface area contributed by atoms with E-state index in [9.17, 15) is 9.59 Å². The van der Waals surface area contributed by atoms with Crippen LogP contribution in [0, 0.1) is 20.8 Å². The minimum Gasteiger partial charge on any atom is -0.324 e. The van der Waals surface area contributed by atoms with Crippen molar-refractivity contribution in [1.29, 1.82) is 0 Å². The van der Waals surface area contributed by atoms with Gasteiger partial charge in [-0.25, -0.2) is 0 Å². The Hall–Kier alpha value is -3.31. The first-order chi connectivity index (χ1) is 14.9. The van der Waals surface area contributed by atoms with Gasteiger partial charge in [-0.2, -0.15) is 0 Å². The fourth-order valence-electron chi connectivity index (χ4n) is 3.83. The van der Waals surface area contributed by atoms with Crippen LogP contribution in [0.4, 0.5) is 5.69 Å². The standard InChI is InChI=1S/C26H24N2O2S/c1-17-13-19(3)26-21(14-17)18(2)15-25(30)28(26)16-24(29)27-22-11-7-8-12-23(22)31-20-9-5-4-6-10-20/h4-15H,16H2,1-3H3,(H,27,29). The molecule has 0 atom stereocenters. The first-order valence-corrected chi connectivity index (χ1v) is 11.0. The van der Waals surface area contributed by atoms with Crippen LogP contribution in [-0.4, -0.2) is 10.5 Å². The van der Waals surface area contributed by atoms with Gasteiger partial charge in [0.15, 0.2) is 0 Å². The summed E-state index contributed by atoms with van der Waals surface area (Å²) in [6, 6.07) is 23.4. The van der Waals surface area contributed by atoms with Crippen LogP contribution in [0.3, 0.4) is 0 Å². The maximum absolute atomic E-state index is 13.0. The van der Waals surface area contributed by atoms with Gasteiger partial charge in [-0.3, -0.25) is 14.2 Å². The van der Waals surface area contributed by atoms with Crippen molar-refractivity contribution in [2.24, 2.45) is 0 Å². The summed E-state index contributed by atoms with van der Waals surface area (Å²) < 4.78 is 1.57. The zero-order valence-electron chi connectivity index (χ0n) is 17.8. The molecule has 156 valence electrons. The van der Waals surface area contributed by atoms with Gasteiger partial charge in [-0.15, -0.1) is 0 Å². The number of nitrogens with one attached hydrogen (secondary N) is 1. The Labute approximate surface area is 185 Å². The number of anilines is 1. The van der Waals surface area contributed by atoms with E-state index in [0.717, 1.165) is 43.1 Å². The van der Waals surface area contributed by atoms with E-state index in [1.807, 2.05) is 81.4 Å². The van der Waals surface area contributed by atoms with E-state index < -0.39 is 0 Å². The molecule has 0 bridgehead atoms. The van der Waals surface area contributed by atoms with Crippen molar-refractivity contribution in [1.82, 2.24) is 4.57 Å². The third kappa shape index (κ3) is 4.57. The summed E-state index contributed by atoms with van der Waals surface area (Å²) in [5.74, 6) is -0.228. The molecule has 4 nitrogen and oxygen atoms in total. The number of benzene rings is 3. The number of hydrogen-bond acceptors (Lipinski definition) is 3. The average Bonchev–Trinajstić information content (AvgIpc) is 2.73. The second-order valence-corrected chi connectivity index (χ2v) is 8.80. The Morgan fingerprint density at radius 3 is 2.39 bits per heavy atom. The summed E-state index contributed by atoms with van der Waals surface area (Å²) in [6.07, 6.45) is 0. The van der Waals surface area contributed by atoms with Gasteiger partial charge in [0.1, 0.15) is 6.54 Å². The van der Waals surface area contributed by atoms with Crippen molar-refractivity contribution in [2.45, 2.75) is 37.1 Å². The number of hydrogen-bond donors (Lipinski definition) is 1.